The topological polar surface area (TPSA) is 87.5 Å². The van der Waals surface area contributed by atoms with Crippen LogP contribution in [0.15, 0.2) is 28.6 Å². The molecule has 0 amide bonds. The summed E-state index contributed by atoms with van der Waals surface area (Å²) in [5.74, 6) is -2.87. The van der Waals surface area contributed by atoms with Gasteiger partial charge in [-0.25, -0.2) is 4.98 Å². The summed E-state index contributed by atoms with van der Waals surface area (Å²) in [6, 6.07) is 7.64. The Kier molecular flexibility index (Phi) is 6.58. The van der Waals surface area contributed by atoms with Crippen molar-refractivity contribution in [3.05, 3.63) is 24.3 Å². The molecule has 0 bridgehead atoms. The van der Waals surface area contributed by atoms with Gasteiger partial charge in [0.1, 0.15) is 0 Å². The number of hydrogen-bond donors (Lipinski definition) is 2. The third-order valence-electron chi connectivity index (χ3n) is 2.45. The zero-order valence-corrected chi connectivity index (χ0v) is 15.1. The van der Waals surface area contributed by atoms with Crippen LogP contribution in [-0.2, 0) is 29.1 Å². The van der Waals surface area contributed by atoms with Crippen LogP contribution < -0.4 is 0 Å². The first kappa shape index (κ1) is 17.1. The minimum Gasteiger partial charge on any atom is -0.481 e. The number of benzene rings is 1. The molecule has 0 aliphatic carbocycles. The molecule has 2 aromatic rings. The Morgan fingerprint density at radius 3 is 2.60 bits per heavy atom. The van der Waals surface area contributed by atoms with Gasteiger partial charge in [-0.15, -0.1) is 11.3 Å². The second-order valence-electron chi connectivity index (χ2n) is 3.89. The van der Waals surface area contributed by atoms with Crippen molar-refractivity contribution in [1.82, 2.24) is 4.98 Å². The fraction of sp³-hybridized carbons (Fsp3) is 0.250. The van der Waals surface area contributed by atoms with Gasteiger partial charge >= 0.3 is 11.9 Å². The number of aromatic nitrogens is 1. The van der Waals surface area contributed by atoms with E-state index in [0.717, 1.165) is 14.6 Å². The first-order chi connectivity index (χ1) is 9.06. The predicted octanol–water partition coefficient (Wildman–Crippen LogP) is 2.56. The normalized spacial score (nSPS) is 11.8. The molecule has 102 valence electrons. The molecule has 0 spiro atoms. The maximum atomic E-state index is 10.9. The number of para-hydroxylation sites is 1. The molecule has 2 rings (SSSR count). The maximum Gasteiger partial charge on any atom is 0.307 e. The van der Waals surface area contributed by atoms with Crippen LogP contribution >= 0.6 is 23.1 Å². The molecule has 5 nitrogen and oxygen atoms in total. The number of thioether (sulfide) groups is 1. The molecule has 1 atom stereocenters. The van der Waals surface area contributed by atoms with Crippen LogP contribution in [0.4, 0.5) is 0 Å². The Morgan fingerprint density at radius 1 is 1.30 bits per heavy atom. The van der Waals surface area contributed by atoms with Crippen molar-refractivity contribution < 1.29 is 39.3 Å². The van der Waals surface area contributed by atoms with Gasteiger partial charge in [-0.1, -0.05) is 23.9 Å². The molecule has 20 heavy (non-hydrogen) atoms. The number of hydrogen-bond acceptors (Lipinski definition) is 5. The van der Waals surface area contributed by atoms with Crippen molar-refractivity contribution in [3.63, 3.8) is 0 Å². The number of carboxylic acid groups (broad SMARTS) is 2. The summed E-state index contributed by atoms with van der Waals surface area (Å²) >= 11 is 2.77. The van der Waals surface area contributed by atoms with E-state index in [9.17, 15) is 9.59 Å². The molecule has 0 radical (unpaired) electrons. The monoisotopic (exact) mass is 361 g/mol. The fourth-order valence-corrected chi connectivity index (χ4v) is 3.69. The van der Waals surface area contributed by atoms with Gasteiger partial charge in [0, 0.05) is 25.2 Å². The van der Waals surface area contributed by atoms with Crippen LogP contribution in [0.5, 0.6) is 0 Å². The quantitative estimate of drug-likeness (QED) is 0.606. The van der Waals surface area contributed by atoms with Crippen LogP contribution in [0.2, 0.25) is 0 Å². The molecule has 0 aliphatic rings. The van der Waals surface area contributed by atoms with Gasteiger partial charge in [-0.2, -0.15) is 0 Å². The number of carboxylic acids is 2. The first-order valence-electron chi connectivity index (χ1n) is 5.49. The van der Waals surface area contributed by atoms with Crippen LogP contribution in [0.1, 0.15) is 6.42 Å². The van der Waals surface area contributed by atoms with Crippen molar-refractivity contribution in [3.8, 4) is 0 Å². The van der Waals surface area contributed by atoms with Gasteiger partial charge < -0.3 is 10.2 Å². The minimum atomic E-state index is -1.10. The summed E-state index contributed by atoms with van der Waals surface area (Å²) in [5.41, 5.74) is 0.875. The summed E-state index contributed by atoms with van der Waals surface area (Å²) in [7, 11) is 0. The Bertz CT molecular complexity index is 583. The Balaban J connectivity index is 0.00000200. The fourth-order valence-electron chi connectivity index (χ4n) is 1.51. The van der Waals surface area contributed by atoms with Crippen molar-refractivity contribution in [2.75, 3.05) is 5.75 Å². The van der Waals surface area contributed by atoms with Crippen LogP contribution in [-0.4, -0.2) is 32.9 Å². The van der Waals surface area contributed by atoms with E-state index in [1.807, 2.05) is 24.3 Å². The third-order valence-corrected chi connectivity index (χ3v) is 4.79. The number of aliphatic carboxylic acids is 2. The average Bonchev–Trinajstić information content (AvgIpc) is 2.76. The van der Waals surface area contributed by atoms with E-state index in [1.54, 1.807) is 0 Å². The minimum absolute atomic E-state index is 0. The van der Waals surface area contributed by atoms with Crippen LogP contribution in [0, 0.1) is 5.92 Å². The molecule has 8 heteroatoms. The Hall–Kier alpha value is -0.977. The van der Waals surface area contributed by atoms with E-state index in [0.29, 0.717) is 0 Å². The molecule has 1 heterocycles. The number of rotatable bonds is 6. The molecule has 0 fully saturated rings. The smallest absolute Gasteiger partial charge is 0.307 e. The van der Waals surface area contributed by atoms with E-state index in [-0.39, 0.29) is 31.7 Å². The predicted molar refractivity (Wildman–Crippen MR) is 73.7 cm³/mol. The van der Waals surface area contributed by atoms with Gasteiger partial charge in [0.05, 0.1) is 22.6 Å². The standard InChI is InChI=1S/C12H11NO4S2.Zn/c14-10(15)5-7(11(16)17)6-18-12-13-8-3-1-2-4-9(8)19-12;/h1-4,7H,5-6H2,(H,14,15)(H,16,17);. The van der Waals surface area contributed by atoms with Crippen LogP contribution in [0.25, 0.3) is 10.2 Å². The second-order valence-corrected chi connectivity index (χ2v) is 6.19. The van der Waals surface area contributed by atoms with Gasteiger partial charge in [0.15, 0.2) is 4.34 Å². The van der Waals surface area contributed by atoms with E-state index in [1.165, 1.54) is 23.1 Å². The number of nitrogens with zero attached hydrogens (tertiary/aromatic N) is 1. The Labute approximate surface area is 136 Å². The van der Waals surface area contributed by atoms with Crippen molar-refractivity contribution in [2.45, 2.75) is 10.8 Å². The van der Waals surface area contributed by atoms with E-state index >= 15 is 0 Å². The summed E-state index contributed by atoms with van der Waals surface area (Å²) < 4.78 is 1.80. The van der Waals surface area contributed by atoms with Crippen molar-refractivity contribution >= 4 is 45.3 Å². The molecule has 0 aliphatic heterocycles. The molecular formula is C12H11NO4S2Zn. The molecule has 1 unspecified atom stereocenters. The van der Waals surface area contributed by atoms with Crippen LogP contribution in [0.3, 0.4) is 0 Å². The maximum absolute atomic E-state index is 10.9. The zero-order valence-electron chi connectivity index (χ0n) is 10.5. The molecular weight excluding hydrogens is 352 g/mol. The number of thiazole rings is 1. The Morgan fingerprint density at radius 2 is 2.00 bits per heavy atom. The molecule has 0 saturated carbocycles. The first-order valence-corrected chi connectivity index (χ1v) is 7.29. The molecule has 2 N–H and O–H groups in total. The second kappa shape index (κ2) is 7.71. The summed E-state index contributed by atoms with van der Waals surface area (Å²) in [6.45, 7) is 0. The van der Waals surface area contributed by atoms with E-state index in [4.69, 9.17) is 10.2 Å². The van der Waals surface area contributed by atoms with E-state index in [2.05, 4.69) is 4.98 Å². The van der Waals surface area contributed by atoms with Gasteiger partial charge in [-0.3, -0.25) is 9.59 Å². The third kappa shape index (κ3) is 4.54. The van der Waals surface area contributed by atoms with Gasteiger partial charge in [-0.05, 0) is 12.1 Å². The largest absolute Gasteiger partial charge is 0.481 e. The SMILES string of the molecule is O=C(O)CC(CSc1nc2ccccc2s1)C(=O)O.[Zn]. The molecule has 1 aromatic heterocycles. The van der Waals surface area contributed by atoms with Crippen molar-refractivity contribution in [2.24, 2.45) is 5.92 Å². The number of fused-ring (bicyclic) bond motifs is 1. The van der Waals surface area contributed by atoms with Gasteiger partial charge in [0.25, 0.3) is 0 Å². The summed E-state index contributed by atoms with van der Waals surface area (Å²) in [4.78, 5) is 25.9. The van der Waals surface area contributed by atoms with Crippen molar-refractivity contribution in [1.29, 1.82) is 0 Å². The zero-order chi connectivity index (χ0) is 13.8. The molecule has 0 saturated heterocycles. The average molecular weight is 363 g/mol. The summed E-state index contributed by atoms with van der Waals surface area (Å²) in [6.07, 6.45) is -0.368. The number of carbonyl (C=O) groups is 2. The van der Waals surface area contributed by atoms with Gasteiger partial charge in [0.2, 0.25) is 0 Å². The summed E-state index contributed by atoms with van der Waals surface area (Å²) in [5, 5.41) is 17.6. The van der Waals surface area contributed by atoms with E-state index < -0.39 is 17.9 Å². The molecule has 1 aromatic carbocycles.